The smallest absolute Gasteiger partial charge is 0 e. The van der Waals surface area contributed by atoms with Crippen molar-refractivity contribution in [2.45, 2.75) is 67.2 Å². The molecule has 1 heteroatoms. The SMILES string of the molecule is [CH2-][C@](C)(C[C@@H](C)CCC)CC(C)(C)C.[Y]. The Bertz CT molecular complexity index is 153. The molecule has 0 aromatic rings. The summed E-state index contributed by atoms with van der Waals surface area (Å²) < 4.78 is 0. The van der Waals surface area contributed by atoms with Crippen LogP contribution in [0, 0.1) is 23.7 Å². The van der Waals surface area contributed by atoms with Gasteiger partial charge < -0.3 is 6.92 Å². The Labute approximate surface area is 123 Å². The zero-order chi connectivity index (χ0) is 11.4. The van der Waals surface area contributed by atoms with E-state index in [2.05, 4.69) is 48.5 Å². The molecule has 89 valence electrons. The van der Waals surface area contributed by atoms with Gasteiger partial charge in [-0.2, -0.15) is 5.41 Å². The van der Waals surface area contributed by atoms with Crippen LogP contribution in [-0.4, -0.2) is 0 Å². The maximum atomic E-state index is 4.38. The van der Waals surface area contributed by atoms with E-state index in [-0.39, 0.29) is 38.1 Å². The second kappa shape index (κ2) is 7.43. The molecular formula is C14H29Y-. The summed E-state index contributed by atoms with van der Waals surface area (Å²) in [4.78, 5) is 0. The van der Waals surface area contributed by atoms with Gasteiger partial charge in [0.05, 0.1) is 0 Å². The molecule has 0 spiro atoms. The summed E-state index contributed by atoms with van der Waals surface area (Å²) >= 11 is 0. The van der Waals surface area contributed by atoms with E-state index < -0.39 is 0 Å². The molecule has 15 heavy (non-hydrogen) atoms. The normalized spacial score (nSPS) is 17.8. The van der Waals surface area contributed by atoms with Crippen molar-refractivity contribution in [1.29, 1.82) is 0 Å². The van der Waals surface area contributed by atoms with E-state index in [4.69, 9.17) is 0 Å². The van der Waals surface area contributed by atoms with Crippen molar-refractivity contribution in [1.82, 2.24) is 0 Å². The second-order valence-electron chi connectivity index (χ2n) is 6.65. The van der Waals surface area contributed by atoms with Gasteiger partial charge in [-0.3, -0.25) is 0 Å². The quantitative estimate of drug-likeness (QED) is 0.618. The second-order valence-corrected chi connectivity index (χ2v) is 6.65. The molecular weight excluding hydrogens is 257 g/mol. The van der Waals surface area contributed by atoms with Crippen LogP contribution < -0.4 is 0 Å². The first-order valence-corrected chi connectivity index (χ1v) is 6.02. The van der Waals surface area contributed by atoms with E-state index in [9.17, 15) is 0 Å². The van der Waals surface area contributed by atoms with Gasteiger partial charge in [0.25, 0.3) is 0 Å². The van der Waals surface area contributed by atoms with Gasteiger partial charge in [0.2, 0.25) is 0 Å². The van der Waals surface area contributed by atoms with E-state index in [1.165, 1.54) is 25.7 Å². The Kier molecular flexibility index (Phi) is 9.15. The molecule has 0 rings (SSSR count). The van der Waals surface area contributed by atoms with Crippen molar-refractivity contribution in [2.24, 2.45) is 16.7 Å². The maximum absolute atomic E-state index is 4.38. The van der Waals surface area contributed by atoms with Gasteiger partial charge in [-0.15, -0.1) is 0 Å². The van der Waals surface area contributed by atoms with E-state index >= 15 is 0 Å². The summed E-state index contributed by atoms with van der Waals surface area (Å²) in [6.07, 6.45) is 5.12. The third kappa shape index (κ3) is 11.4. The van der Waals surface area contributed by atoms with Crippen LogP contribution in [0.5, 0.6) is 0 Å². The van der Waals surface area contributed by atoms with Crippen LogP contribution in [0.25, 0.3) is 0 Å². The summed E-state index contributed by atoms with van der Waals surface area (Å²) in [5.74, 6) is 0.824. The molecule has 0 unspecified atom stereocenters. The molecule has 0 fully saturated rings. The van der Waals surface area contributed by atoms with E-state index in [0.717, 1.165) is 5.92 Å². The van der Waals surface area contributed by atoms with Crippen molar-refractivity contribution in [3.05, 3.63) is 6.92 Å². The van der Waals surface area contributed by atoms with Gasteiger partial charge in [-0.05, 0) is 11.3 Å². The average molecular weight is 286 g/mol. The van der Waals surface area contributed by atoms with Crippen molar-refractivity contribution in [3.63, 3.8) is 0 Å². The molecule has 0 aliphatic carbocycles. The predicted molar refractivity (Wildman–Crippen MR) is 66.2 cm³/mol. The Morgan fingerprint density at radius 3 is 1.93 bits per heavy atom. The summed E-state index contributed by atoms with van der Waals surface area (Å²) in [5.41, 5.74) is 0.662. The summed E-state index contributed by atoms with van der Waals surface area (Å²) in [6.45, 7) is 18.2. The molecule has 1 radical (unpaired) electrons. The molecule has 0 aliphatic heterocycles. The van der Waals surface area contributed by atoms with Crippen molar-refractivity contribution >= 4 is 0 Å². The predicted octanol–water partition coefficient (Wildman–Crippen LogP) is 5.09. The van der Waals surface area contributed by atoms with Gasteiger partial charge >= 0.3 is 0 Å². The van der Waals surface area contributed by atoms with Crippen LogP contribution in [-0.2, 0) is 32.7 Å². The topological polar surface area (TPSA) is 0 Å². The third-order valence-corrected chi connectivity index (χ3v) is 2.58. The molecule has 0 N–H and O–H groups in total. The van der Waals surface area contributed by atoms with E-state index in [0.29, 0.717) is 5.41 Å². The zero-order valence-electron chi connectivity index (χ0n) is 11.7. The van der Waals surface area contributed by atoms with Crippen LogP contribution in [0.4, 0.5) is 0 Å². The summed E-state index contributed by atoms with van der Waals surface area (Å²) in [5, 5.41) is 0. The first kappa shape index (κ1) is 18.5. The fraction of sp³-hybridized carbons (Fsp3) is 0.929. The minimum Gasteiger partial charge on any atom is -0.337 e. The standard InChI is InChI=1S/C14H29.Y/c1-8-9-12(2)10-14(6,7)11-13(3,4)5;/h12H,6,8-11H2,1-5,7H3;/q-1;/t12-,14-;/m0./s1. The van der Waals surface area contributed by atoms with E-state index in [1.54, 1.807) is 0 Å². The van der Waals surface area contributed by atoms with Crippen LogP contribution >= 0.6 is 0 Å². The molecule has 0 heterocycles. The zero-order valence-corrected chi connectivity index (χ0v) is 14.5. The maximum Gasteiger partial charge on any atom is 0 e. The summed E-state index contributed by atoms with van der Waals surface area (Å²) in [7, 11) is 0. The van der Waals surface area contributed by atoms with Gasteiger partial charge in [-0.25, -0.2) is 0 Å². The molecule has 0 amide bonds. The molecule has 0 aromatic heterocycles. The fourth-order valence-corrected chi connectivity index (χ4v) is 2.79. The fourth-order valence-electron chi connectivity index (χ4n) is 2.79. The van der Waals surface area contributed by atoms with Crippen molar-refractivity contribution in [3.8, 4) is 0 Å². The van der Waals surface area contributed by atoms with Crippen molar-refractivity contribution in [2.75, 3.05) is 0 Å². The Hall–Kier alpha value is 1.10. The van der Waals surface area contributed by atoms with Gasteiger partial charge in [0.15, 0.2) is 0 Å². The molecule has 2 atom stereocenters. The van der Waals surface area contributed by atoms with Gasteiger partial charge in [0, 0.05) is 32.7 Å². The molecule has 0 nitrogen and oxygen atoms in total. The van der Waals surface area contributed by atoms with Crippen LogP contribution in [0.15, 0.2) is 0 Å². The minimum atomic E-state index is 0. The molecule has 0 saturated heterocycles. The molecule has 0 bridgehead atoms. The molecule has 0 aliphatic rings. The first-order valence-electron chi connectivity index (χ1n) is 6.02. The Morgan fingerprint density at radius 1 is 1.13 bits per heavy atom. The van der Waals surface area contributed by atoms with Crippen LogP contribution in [0.3, 0.4) is 0 Å². The van der Waals surface area contributed by atoms with Gasteiger partial charge in [0.1, 0.15) is 0 Å². The molecule has 0 aromatic carbocycles. The number of hydrogen-bond acceptors (Lipinski definition) is 0. The average Bonchev–Trinajstić information content (AvgIpc) is 1.78. The molecule has 0 saturated carbocycles. The van der Waals surface area contributed by atoms with E-state index in [1.807, 2.05) is 0 Å². The Balaban J connectivity index is 0. The summed E-state index contributed by atoms with van der Waals surface area (Å²) in [6, 6.07) is 0. The van der Waals surface area contributed by atoms with Crippen LogP contribution in [0.2, 0.25) is 0 Å². The number of rotatable bonds is 5. The monoisotopic (exact) mass is 286 g/mol. The van der Waals surface area contributed by atoms with Crippen molar-refractivity contribution < 1.29 is 32.7 Å². The Morgan fingerprint density at radius 2 is 1.60 bits per heavy atom. The van der Waals surface area contributed by atoms with Gasteiger partial charge in [-0.1, -0.05) is 67.2 Å². The minimum absolute atomic E-state index is 0. The van der Waals surface area contributed by atoms with Crippen LogP contribution in [0.1, 0.15) is 67.2 Å². The largest absolute Gasteiger partial charge is 0.337 e. The first-order chi connectivity index (χ1) is 6.16. The number of hydrogen-bond donors (Lipinski definition) is 0. The third-order valence-electron chi connectivity index (χ3n) is 2.58.